The highest BCUT2D eigenvalue weighted by molar-refractivity contribution is 7.99. The molecule has 2 aromatic rings. The standard InChI is InChI=1S/C15H10F3N3O3S/c16-15(17,18)11-7-8-19-14(21-11)25-10-4-2-1-3-9(10)20-12(22)5-6-13(23)24/h1-8H,(H,20,22)(H,23,24)/b6-5-. The Bertz CT molecular complexity index is 825. The van der Waals surface area contributed by atoms with Crippen LogP contribution in [0.15, 0.2) is 58.7 Å². The Balaban J connectivity index is 2.21. The lowest BCUT2D eigenvalue weighted by Crippen LogP contribution is -2.10. The zero-order chi connectivity index (χ0) is 18.4. The maximum Gasteiger partial charge on any atom is 0.433 e. The number of nitrogens with one attached hydrogen (secondary N) is 1. The van der Waals surface area contributed by atoms with Crippen LogP contribution < -0.4 is 5.32 Å². The van der Waals surface area contributed by atoms with Gasteiger partial charge in [0.1, 0.15) is 5.69 Å². The summed E-state index contributed by atoms with van der Waals surface area (Å²) in [6, 6.07) is 7.06. The minimum Gasteiger partial charge on any atom is -0.478 e. The van der Waals surface area contributed by atoms with Crippen LogP contribution in [0.5, 0.6) is 0 Å². The van der Waals surface area contributed by atoms with Crippen molar-refractivity contribution in [3.63, 3.8) is 0 Å². The first-order valence-electron chi connectivity index (χ1n) is 6.65. The van der Waals surface area contributed by atoms with Crippen molar-refractivity contribution in [2.45, 2.75) is 16.2 Å². The fourth-order valence-electron chi connectivity index (χ4n) is 1.63. The molecule has 0 aliphatic carbocycles. The second kappa shape index (κ2) is 7.79. The lowest BCUT2D eigenvalue weighted by atomic mass is 10.3. The Morgan fingerprint density at radius 1 is 1.16 bits per heavy atom. The number of hydrogen-bond donors (Lipinski definition) is 2. The number of aliphatic carboxylic acids is 1. The lowest BCUT2D eigenvalue weighted by Gasteiger charge is -2.10. The lowest BCUT2D eigenvalue weighted by molar-refractivity contribution is -0.141. The normalized spacial score (nSPS) is 11.5. The monoisotopic (exact) mass is 369 g/mol. The third kappa shape index (κ3) is 5.60. The Kier molecular flexibility index (Phi) is 5.75. The summed E-state index contributed by atoms with van der Waals surface area (Å²) in [5, 5.41) is 10.8. The predicted molar refractivity (Wildman–Crippen MR) is 83.0 cm³/mol. The maximum atomic E-state index is 12.7. The van der Waals surface area contributed by atoms with Crippen LogP contribution in [0.1, 0.15) is 5.69 Å². The van der Waals surface area contributed by atoms with Crippen LogP contribution in [0.4, 0.5) is 18.9 Å². The third-order valence-corrected chi connectivity index (χ3v) is 3.60. The summed E-state index contributed by atoms with van der Waals surface area (Å²) in [7, 11) is 0. The maximum absolute atomic E-state index is 12.7. The molecule has 6 nitrogen and oxygen atoms in total. The number of aromatic nitrogens is 2. The number of alkyl halides is 3. The van der Waals surface area contributed by atoms with Gasteiger partial charge in [-0.3, -0.25) is 4.79 Å². The summed E-state index contributed by atoms with van der Waals surface area (Å²) < 4.78 is 38.1. The van der Waals surface area contributed by atoms with E-state index in [9.17, 15) is 22.8 Å². The van der Waals surface area contributed by atoms with Gasteiger partial charge in [-0.1, -0.05) is 12.1 Å². The van der Waals surface area contributed by atoms with E-state index in [0.29, 0.717) is 11.0 Å². The predicted octanol–water partition coefficient (Wildman–Crippen LogP) is 3.23. The van der Waals surface area contributed by atoms with Crippen LogP contribution in [0.25, 0.3) is 0 Å². The first-order valence-corrected chi connectivity index (χ1v) is 7.46. The number of halogens is 3. The number of carboxylic acids is 1. The van der Waals surface area contributed by atoms with Crippen LogP contribution in [0, 0.1) is 0 Å². The third-order valence-electron chi connectivity index (χ3n) is 2.65. The fourth-order valence-corrected chi connectivity index (χ4v) is 2.46. The zero-order valence-corrected chi connectivity index (χ0v) is 13.1. The van der Waals surface area contributed by atoms with E-state index in [1.165, 1.54) is 6.07 Å². The van der Waals surface area contributed by atoms with E-state index in [1.54, 1.807) is 18.2 Å². The van der Waals surface area contributed by atoms with E-state index in [2.05, 4.69) is 15.3 Å². The van der Waals surface area contributed by atoms with Crippen LogP contribution in [-0.2, 0) is 15.8 Å². The molecule has 25 heavy (non-hydrogen) atoms. The molecule has 0 saturated heterocycles. The molecule has 130 valence electrons. The molecule has 0 radical (unpaired) electrons. The van der Waals surface area contributed by atoms with Crippen molar-refractivity contribution in [1.82, 2.24) is 9.97 Å². The molecule has 0 fully saturated rings. The number of nitrogens with zero attached hydrogens (tertiary/aromatic N) is 2. The molecule has 0 spiro atoms. The second-order valence-electron chi connectivity index (χ2n) is 4.48. The van der Waals surface area contributed by atoms with Crippen molar-refractivity contribution in [3.8, 4) is 0 Å². The summed E-state index contributed by atoms with van der Waals surface area (Å²) in [5.74, 6) is -1.98. The minimum absolute atomic E-state index is 0.141. The smallest absolute Gasteiger partial charge is 0.433 e. The largest absolute Gasteiger partial charge is 0.478 e. The number of rotatable bonds is 5. The van der Waals surface area contributed by atoms with E-state index >= 15 is 0 Å². The van der Waals surface area contributed by atoms with Gasteiger partial charge in [-0.2, -0.15) is 13.2 Å². The first-order chi connectivity index (χ1) is 11.8. The van der Waals surface area contributed by atoms with Crippen molar-refractivity contribution >= 4 is 29.3 Å². The Hall–Kier alpha value is -2.88. The van der Waals surface area contributed by atoms with Gasteiger partial charge < -0.3 is 10.4 Å². The van der Waals surface area contributed by atoms with E-state index in [-0.39, 0.29) is 10.8 Å². The topological polar surface area (TPSA) is 92.2 Å². The van der Waals surface area contributed by atoms with Crippen molar-refractivity contribution in [2.24, 2.45) is 0 Å². The van der Waals surface area contributed by atoms with Crippen molar-refractivity contribution in [3.05, 3.63) is 54.4 Å². The number of carbonyl (C=O) groups is 2. The number of carboxylic acid groups (broad SMARTS) is 1. The highest BCUT2D eigenvalue weighted by Crippen LogP contribution is 2.33. The number of para-hydroxylation sites is 1. The summed E-state index contributed by atoms with van der Waals surface area (Å²) >= 11 is 0.834. The Morgan fingerprint density at radius 2 is 1.88 bits per heavy atom. The number of benzene rings is 1. The quantitative estimate of drug-likeness (QED) is 0.621. The molecular weight excluding hydrogens is 359 g/mol. The van der Waals surface area contributed by atoms with E-state index in [0.717, 1.165) is 30.1 Å². The molecule has 1 heterocycles. The molecule has 0 unspecified atom stereocenters. The Labute approximate surface area is 143 Å². The van der Waals surface area contributed by atoms with Gasteiger partial charge in [0.05, 0.1) is 5.69 Å². The second-order valence-corrected chi connectivity index (χ2v) is 5.49. The summed E-state index contributed by atoms with van der Waals surface area (Å²) in [6.45, 7) is 0. The summed E-state index contributed by atoms with van der Waals surface area (Å²) in [5.41, 5.74) is -0.788. The molecule has 1 amide bonds. The van der Waals surface area contributed by atoms with Crippen molar-refractivity contribution in [2.75, 3.05) is 5.32 Å². The van der Waals surface area contributed by atoms with Gasteiger partial charge in [-0.05, 0) is 30.0 Å². The molecule has 0 aliphatic rings. The first kappa shape index (κ1) is 18.5. The van der Waals surface area contributed by atoms with Gasteiger partial charge in [0.15, 0.2) is 5.16 Å². The van der Waals surface area contributed by atoms with Crippen LogP contribution in [-0.4, -0.2) is 27.0 Å². The van der Waals surface area contributed by atoms with Gasteiger partial charge in [-0.15, -0.1) is 0 Å². The number of anilines is 1. The summed E-state index contributed by atoms with van der Waals surface area (Å²) in [4.78, 5) is 29.7. The van der Waals surface area contributed by atoms with Crippen LogP contribution >= 0.6 is 11.8 Å². The number of carbonyl (C=O) groups excluding carboxylic acids is 1. The van der Waals surface area contributed by atoms with Gasteiger partial charge in [-0.25, -0.2) is 14.8 Å². The highest BCUT2D eigenvalue weighted by Gasteiger charge is 2.32. The SMILES string of the molecule is O=C(O)/C=C\C(=O)Nc1ccccc1Sc1nccc(C(F)(F)F)n1. The molecule has 2 rings (SSSR count). The molecule has 0 bridgehead atoms. The van der Waals surface area contributed by atoms with Crippen molar-refractivity contribution in [1.29, 1.82) is 0 Å². The average Bonchev–Trinajstić information content (AvgIpc) is 2.54. The van der Waals surface area contributed by atoms with Crippen molar-refractivity contribution < 1.29 is 27.9 Å². The van der Waals surface area contributed by atoms with Gasteiger partial charge in [0.25, 0.3) is 0 Å². The van der Waals surface area contributed by atoms with E-state index in [4.69, 9.17) is 5.11 Å². The number of amides is 1. The van der Waals surface area contributed by atoms with Crippen LogP contribution in [0.2, 0.25) is 0 Å². The van der Waals surface area contributed by atoms with E-state index < -0.39 is 23.7 Å². The molecule has 1 aromatic heterocycles. The van der Waals surface area contributed by atoms with Gasteiger partial charge in [0.2, 0.25) is 5.91 Å². The van der Waals surface area contributed by atoms with Gasteiger partial charge >= 0.3 is 12.1 Å². The number of hydrogen-bond acceptors (Lipinski definition) is 5. The highest BCUT2D eigenvalue weighted by atomic mass is 32.2. The molecule has 1 aromatic carbocycles. The summed E-state index contributed by atoms with van der Waals surface area (Å²) in [6.07, 6.45) is -2.10. The molecule has 0 aliphatic heterocycles. The molecule has 0 saturated carbocycles. The molecule has 2 N–H and O–H groups in total. The molecular formula is C15H10F3N3O3S. The zero-order valence-electron chi connectivity index (χ0n) is 12.3. The average molecular weight is 369 g/mol. The fraction of sp³-hybridized carbons (Fsp3) is 0.0667. The Morgan fingerprint density at radius 3 is 2.56 bits per heavy atom. The molecule has 10 heteroatoms. The van der Waals surface area contributed by atoms with Gasteiger partial charge in [0, 0.05) is 23.2 Å². The molecule has 0 atom stereocenters. The minimum atomic E-state index is -4.59. The van der Waals surface area contributed by atoms with Crippen LogP contribution in [0.3, 0.4) is 0 Å². The van der Waals surface area contributed by atoms with E-state index in [1.807, 2.05) is 0 Å².